The zero-order valence-corrected chi connectivity index (χ0v) is 17.9. The van der Waals surface area contributed by atoms with Gasteiger partial charge in [0.1, 0.15) is 0 Å². The normalized spacial score (nSPS) is 10.7. The lowest BCUT2D eigenvalue weighted by Gasteiger charge is -2.12. The van der Waals surface area contributed by atoms with E-state index in [1.54, 1.807) is 14.2 Å². The van der Waals surface area contributed by atoms with Crippen molar-refractivity contribution in [1.29, 1.82) is 0 Å². The van der Waals surface area contributed by atoms with Crippen molar-refractivity contribution in [2.45, 2.75) is 19.9 Å². The summed E-state index contributed by atoms with van der Waals surface area (Å²) < 4.78 is 10.6. The lowest BCUT2D eigenvalue weighted by molar-refractivity contribution is 0.354. The summed E-state index contributed by atoms with van der Waals surface area (Å²) in [5.74, 6) is 2.26. The molecule has 0 saturated carbocycles. The zero-order chi connectivity index (χ0) is 17.9. The van der Waals surface area contributed by atoms with Gasteiger partial charge in [0.25, 0.3) is 0 Å². The van der Waals surface area contributed by atoms with Crippen molar-refractivity contribution in [3.63, 3.8) is 0 Å². The van der Waals surface area contributed by atoms with Crippen molar-refractivity contribution in [2.75, 3.05) is 27.3 Å². The van der Waals surface area contributed by atoms with Crippen LogP contribution in [-0.2, 0) is 13.0 Å². The quantitative estimate of drug-likeness (QED) is 0.353. The number of hydrogen-bond donors (Lipinski definition) is 2. The third-order valence-corrected chi connectivity index (χ3v) is 3.76. The Labute approximate surface area is 173 Å². The summed E-state index contributed by atoms with van der Waals surface area (Å²) in [6.07, 6.45) is 0.960. The Hall–Kier alpha value is -1.96. The second kappa shape index (κ2) is 12.4. The molecule has 0 atom stereocenters. The maximum atomic E-state index is 5.34. The van der Waals surface area contributed by atoms with Gasteiger partial charge in [0.15, 0.2) is 17.5 Å². The SMILES string of the molecule is CCNC(=NCc1ccc(OC)c(OC)c1)NCCc1ccccc1.I. The molecule has 0 saturated heterocycles. The summed E-state index contributed by atoms with van der Waals surface area (Å²) >= 11 is 0. The van der Waals surface area contributed by atoms with Crippen molar-refractivity contribution in [1.82, 2.24) is 10.6 Å². The molecule has 2 aromatic carbocycles. The lowest BCUT2D eigenvalue weighted by atomic mass is 10.1. The maximum absolute atomic E-state index is 5.34. The topological polar surface area (TPSA) is 54.9 Å². The van der Waals surface area contributed by atoms with Crippen LogP contribution in [0.4, 0.5) is 0 Å². The maximum Gasteiger partial charge on any atom is 0.191 e. The van der Waals surface area contributed by atoms with Gasteiger partial charge in [0, 0.05) is 13.1 Å². The Kier molecular flexibility index (Phi) is 10.5. The molecule has 0 aliphatic carbocycles. The molecule has 0 unspecified atom stereocenters. The molecule has 0 spiro atoms. The summed E-state index contributed by atoms with van der Waals surface area (Å²) in [7, 11) is 3.27. The predicted octanol–water partition coefficient (Wildman–Crippen LogP) is 3.62. The van der Waals surface area contributed by atoms with Crippen LogP contribution in [0.25, 0.3) is 0 Å². The molecule has 0 bridgehead atoms. The number of nitrogens with zero attached hydrogens (tertiary/aromatic N) is 1. The molecular formula is C20H28IN3O2. The fraction of sp³-hybridized carbons (Fsp3) is 0.350. The Bertz CT molecular complexity index is 678. The van der Waals surface area contributed by atoms with Gasteiger partial charge in [0.05, 0.1) is 20.8 Å². The first-order valence-corrected chi connectivity index (χ1v) is 8.53. The van der Waals surface area contributed by atoms with Gasteiger partial charge in [0.2, 0.25) is 0 Å². The molecule has 0 heterocycles. The van der Waals surface area contributed by atoms with E-state index in [-0.39, 0.29) is 24.0 Å². The van der Waals surface area contributed by atoms with E-state index in [1.807, 2.05) is 24.3 Å². The third kappa shape index (κ3) is 7.11. The minimum atomic E-state index is 0. The van der Waals surface area contributed by atoms with Gasteiger partial charge in [-0.15, -0.1) is 24.0 Å². The fourth-order valence-corrected chi connectivity index (χ4v) is 2.46. The van der Waals surface area contributed by atoms with E-state index >= 15 is 0 Å². The molecule has 2 rings (SSSR count). The lowest BCUT2D eigenvalue weighted by Crippen LogP contribution is -2.38. The van der Waals surface area contributed by atoms with E-state index < -0.39 is 0 Å². The molecule has 0 aliphatic heterocycles. The smallest absolute Gasteiger partial charge is 0.191 e. The molecule has 0 aromatic heterocycles. The average molecular weight is 469 g/mol. The summed E-state index contributed by atoms with van der Waals surface area (Å²) in [6.45, 7) is 4.29. The first kappa shape index (κ1) is 22.1. The second-order valence-electron chi connectivity index (χ2n) is 5.55. The number of nitrogens with one attached hydrogen (secondary N) is 2. The van der Waals surface area contributed by atoms with E-state index in [2.05, 4.69) is 46.8 Å². The summed E-state index contributed by atoms with van der Waals surface area (Å²) in [6, 6.07) is 16.3. The second-order valence-corrected chi connectivity index (χ2v) is 5.55. The molecule has 26 heavy (non-hydrogen) atoms. The van der Waals surface area contributed by atoms with Gasteiger partial charge in [-0.2, -0.15) is 0 Å². The van der Waals surface area contributed by atoms with Gasteiger partial charge in [-0.1, -0.05) is 36.4 Å². The number of ether oxygens (including phenoxy) is 2. The standard InChI is InChI=1S/C20H27N3O2.HI/c1-4-21-20(22-13-12-16-8-6-5-7-9-16)23-15-17-10-11-18(24-2)19(14-17)25-3;/h5-11,14H,4,12-13,15H2,1-3H3,(H2,21,22,23);1H. The van der Waals surface area contributed by atoms with Crippen LogP contribution in [0.2, 0.25) is 0 Å². The molecule has 5 nitrogen and oxygen atoms in total. The van der Waals surface area contributed by atoms with Crippen molar-refractivity contribution in [2.24, 2.45) is 4.99 Å². The molecule has 0 radical (unpaired) electrons. The summed E-state index contributed by atoms with van der Waals surface area (Å²) in [5, 5.41) is 6.65. The van der Waals surface area contributed by atoms with Crippen LogP contribution in [0.5, 0.6) is 11.5 Å². The van der Waals surface area contributed by atoms with Crippen molar-refractivity contribution in [3.8, 4) is 11.5 Å². The number of aliphatic imine (C=N–C) groups is 1. The van der Waals surface area contributed by atoms with Crippen molar-refractivity contribution in [3.05, 3.63) is 59.7 Å². The number of guanidine groups is 1. The molecule has 2 N–H and O–H groups in total. The van der Waals surface area contributed by atoms with Gasteiger partial charge < -0.3 is 20.1 Å². The molecule has 6 heteroatoms. The molecule has 2 aromatic rings. The molecule has 0 fully saturated rings. The molecule has 0 aliphatic rings. The van der Waals surface area contributed by atoms with Crippen molar-refractivity contribution < 1.29 is 9.47 Å². The molecular weight excluding hydrogens is 441 g/mol. The monoisotopic (exact) mass is 469 g/mol. The number of rotatable bonds is 8. The van der Waals surface area contributed by atoms with Crippen LogP contribution in [0.1, 0.15) is 18.1 Å². The minimum absolute atomic E-state index is 0. The van der Waals surface area contributed by atoms with Crippen LogP contribution >= 0.6 is 24.0 Å². The largest absolute Gasteiger partial charge is 0.493 e. The van der Waals surface area contributed by atoms with Gasteiger partial charge >= 0.3 is 0 Å². The highest BCUT2D eigenvalue weighted by Crippen LogP contribution is 2.27. The van der Waals surface area contributed by atoms with Crippen LogP contribution in [0, 0.1) is 0 Å². The number of hydrogen-bond acceptors (Lipinski definition) is 3. The first-order chi connectivity index (χ1) is 12.3. The Morgan fingerprint density at radius 3 is 2.31 bits per heavy atom. The highest BCUT2D eigenvalue weighted by molar-refractivity contribution is 14.0. The van der Waals surface area contributed by atoms with Gasteiger partial charge in [-0.05, 0) is 36.6 Å². The van der Waals surface area contributed by atoms with E-state index in [0.29, 0.717) is 6.54 Å². The van der Waals surface area contributed by atoms with E-state index in [4.69, 9.17) is 9.47 Å². The predicted molar refractivity (Wildman–Crippen MR) is 118 cm³/mol. The summed E-state index contributed by atoms with van der Waals surface area (Å²) in [5.41, 5.74) is 2.38. The third-order valence-electron chi connectivity index (χ3n) is 3.76. The molecule has 142 valence electrons. The molecule has 0 amide bonds. The van der Waals surface area contributed by atoms with E-state index in [0.717, 1.165) is 42.5 Å². The number of methoxy groups -OCH3 is 2. The fourth-order valence-electron chi connectivity index (χ4n) is 2.46. The van der Waals surface area contributed by atoms with Gasteiger partial charge in [-0.25, -0.2) is 4.99 Å². The number of benzene rings is 2. The highest BCUT2D eigenvalue weighted by atomic mass is 127. The Morgan fingerprint density at radius 1 is 0.923 bits per heavy atom. The number of halogens is 1. The minimum Gasteiger partial charge on any atom is -0.493 e. The Balaban J connectivity index is 0.00000338. The van der Waals surface area contributed by atoms with E-state index in [9.17, 15) is 0 Å². The average Bonchev–Trinajstić information content (AvgIpc) is 2.66. The zero-order valence-electron chi connectivity index (χ0n) is 15.6. The van der Waals surface area contributed by atoms with Crippen LogP contribution < -0.4 is 20.1 Å². The Morgan fingerprint density at radius 2 is 1.65 bits per heavy atom. The van der Waals surface area contributed by atoms with Crippen LogP contribution in [0.3, 0.4) is 0 Å². The highest BCUT2D eigenvalue weighted by Gasteiger charge is 2.04. The van der Waals surface area contributed by atoms with Gasteiger partial charge in [-0.3, -0.25) is 0 Å². The van der Waals surface area contributed by atoms with Crippen molar-refractivity contribution >= 4 is 29.9 Å². The van der Waals surface area contributed by atoms with E-state index in [1.165, 1.54) is 5.56 Å². The van der Waals surface area contributed by atoms with Crippen LogP contribution in [0.15, 0.2) is 53.5 Å². The first-order valence-electron chi connectivity index (χ1n) is 8.53. The summed E-state index contributed by atoms with van der Waals surface area (Å²) in [4.78, 5) is 4.64. The van der Waals surface area contributed by atoms with Crippen LogP contribution in [-0.4, -0.2) is 33.3 Å².